The van der Waals surface area contributed by atoms with Gasteiger partial charge in [0, 0.05) is 6.54 Å². The minimum absolute atomic E-state index is 0.123. The molecular weight excluding hydrogens is 220 g/mol. The number of carbonyl (C=O) groups is 1. The quantitative estimate of drug-likeness (QED) is 0.727. The van der Waals surface area contributed by atoms with E-state index in [-0.39, 0.29) is 5.82 Å². The Hall–Kier alpha value is -1.43. The normalized spacial score (nSPS) is 21.4. The second-order valence-corrected chi connectivity index (χ2v) is 4.57. The topological polar surface area (TPSA) is 60.2 Å². The van der Waals surface area contributed by atoms with Crippen LogP contribution in [0.1, 0.15) is 30.4 Å². The van der Waals surface area contributed by atoms with E-state index in [1.807, 2.05) is 0 Å². The van der Waals surface area contributed by atoms with Gasteiger partial charge in [0.25, 0.3) is 5.82 Å². The Morgan fingerprint density at radius 1 is 1.65 bits per heavy atom. The molecule has 6 nitrogen and oxygen atoms in total. The molecule has 1 unspecified atom stereocenters. The fourth-order valence-electron chi connectivity index (χ4n) is 2.17. The number of hydrogen-bond acceptors (Lipinski definition) is 5. The van der Waals surface area contributed by atoms with Crippen molar-refractivity contribution in [3.05, 3.63) is 12.2 Å². The summed E-state index contributed by atoms with van der Waals surface area (Å²) in [4.78, 5) is 17.4. The lowest BCUT2D eigenvalue weighted by molar-refractivity contribution is 0.0585. The predicted molar refractivity (Wildman–Crippen MR) is 61.3 cm³/mol. The maximum absolute atomic E-state index is 11.2. The van der Waals surface area contributed by atoms with Crippen LogP contribution in [0.4, 0.5) is 0 Å². The Morgan fingerprint density at radius 2 is 2.47 bits per heavy atom. The standard InChI is InChI=1S/C11H18N4O2/c1-9-4-3-5-14(6-9)8-15-7-12-10(13-15)11(16)17-2/h7,9H,3-6,8H2,1-2H3. The Bertz CT molecular complexity index is 391. The smallest absolute Gasteiger partial charge is 0.377 e. The van der Waals surface area contributed by atoms with Crippen LogP contribution < -0.4 is 0 Å². The van der Waals surface area contributed by atoms with E-state index in [9.17, 15) is 4.79 Å². The van der Waals surface area contributed by atoms with Gasteiger partial charge in [0.1, 0.15) is 6.33 Å². The summed E-state index contributed by atoms with van der Waals surface area (Å²) in [5.74, 6) is 0.362. The summed E-state index contributed by atoms with van der Waals surface area (Å²) in [5.41, 5.74) is 0. The van der Waals surface area contributed by atoms with Crippen LogP contribution in [0.25, 0.3) is 0 Å². The van der Waals surface area contributed by atoms with Crippen molar-refractivity contribution < 1.29 is 9.53 Å². The van der Waals surface area contributed by atoms with Gasteiger partial charge in [0.15, 0.2) is 0 Å². The molecule has 1 atom stereocenters. The van der Waals surface area contributed by atoms with E-state index in [2.05, 4.69) is 26.6 Å². The molecule has 94 valence electrons. The van der Waals surface area contributed by atoms with Crippen LogP contribution in [0.2, 0.25) is 0 Å². The highest BCUT2D eigenvalue weighted by atomic mass is 16.5. The highest BCUT2D eigenvalue weighted by Crippen LogP contribution is 2.15. The molecule has 0 amide bonds. The van der Waals surface area contributed by atoms with Gasteiger partial charge in [0.2, 0.25) is 0 Å². The summed E-state index contributed by atoms with van der Waals surface area (Å²) in [5, 5.41) is 4.09. The number of aromatic nitrogens is 3. The van der Waals surface area contributed by atoms with Crippen molar-refractivity contribution in [2.45, 2.75) is 26.4 Å². The van der Waals surface area contributed by atoms with E-state index in [0.29, 0.717) is 6.67 Å². The minimum Gasteiger partial charge on any atom is -0.463 e. The number of likely N-dealkylation sites (tertiary alicyclic amines) is 1. The van der Waals surface area contributed by atoms with Gasteiger partial charge >= 0.3 is 5.97 Å². The number of piperidine rings is 1. The van der Waals surface area contributed by atoms with E-state index in [0.717, 1.165) is 19.0 Å². The molecule has 0 N–H and O–H groups in total. The van der Waals surface area contributed by atoms with E-state index in [1.165, 1.54) is 20.0 Å². The first kappa shape index (κ1) is 12.0. The van der Waals surface area contributed by atoms with Gasteiger partial charge < -0.3 is 4.74 Å². The zero-order valence-corrected chi connectivity index (χ0v) is 10.3. The maximum atomic E-state index is 11.2. The molecule has 17 heavy (non-hydrogen) atoms. The van der Waals surface area contributed by atoms with Crippen LogP contribution in [0.3, 0.4) is 0 Å². The number of methoxy groups -OCH3 is 1. The molecule has 2 rings (SSSR count). The number of nitrogens with zero attached hydrogens (tertiary/aromatic N) is 4. The lowest BCUT2D eigenvalue weighted by Crippen LogP contribution is -2.35. The highest BCUT2D eigenvalue weighted by Gasteiger charge is 2.17. The van der Waals surface area contributed by atoms with Crippen LogP contribution in [-0.2, 0) is 11.4 Å². The van der Waals surface area contributed by atoms with Crippen molar-refractivity contribution in [1.82, 2.24) is 19.7 Å². The van der Waals surface area contributed by atoms with Crippen LogP contribution >= 0.6 is 0 Å². The van der Waals surface area contributed by atoms with Crippen molar-refractivity contribution in [2.24, 2.45) is 5.92 Å². The van der Waals surface area contributed by atoms with Gasteiger partial charge in [-0.1, -0.05) is 6.92 Å². The minimum atomic E-state index is -0.490. The third-order valence-electron chi connectivity index (χ3n) is 2.99. The fraction of sp³-hybridized carbons (Fsp3) is 0.727. The average Bonchev–Trinajstić information content (AvgIpc) is 2.76. The third-order valence-corrected chi connectivity index (χ3v) is 2.99. The lowest BCUT2D eigenvalue weighted by atomic mass is 10.0. The number of rotatable bonds is 3. The molecule has 0 aromatic carbocycles. The Labute approximate surface area is 101 Å². The van der Waals surface area contributed by atoms with Crippen molar-refractivity contribution in [3.8, 4) is 0 Å². The molecule has 0 radical (unpaired) electrons. The van der Waals surface area contributed by atoms with Gasteiger partial charge in [-0.2, -0.15) is 0 Å². The summed E-state index contributed by atoms with van der Waals surface area (Å²) in [6.07, 6.45) is 4.09. The first-order chi connectivity index (χ1) is 8.19. The van der Waals surface area contributed by atoms with Crippen molar-refractivity contribution in [3.63, 3.8) is 0 Å². The summed E-state index contributed by atoms with van der Waals surface area (Å²) in [7, 11) is 1.33. The molecule has 0 aliphatic carbocycles. The summed E-state index contributed by atoms with van der Waals surface area (Å²) >= 11 is 0. The van der Waals surface area contributed by atoms with Crippen molar-refractivity contribution in [1.29, 1.82) is 0 Å². The second-order valence-electron chi connectivity index (χ2n) is 4.57. The van der Waals surface area contributed by atoms with E-state index in [4.69, 9.17) is 0 Å². The molecule has 1 saturated heterocycles. The first-order valence-corrected chi connectivity index (χ1v) is 5.89. The van der Waals surface area contributed by atoms with Gasteiger partial charge in [-0.25, -0.2) is 14.5 Å². The second kappa shape index (κ2) is 5.27. The first-order valence-electron chi connectivity index (χ1n) is 5.89. The molecule has 1 aliphatic heterocycles. The molecule has 6 heteroatoms. The maximum Gasteiger partial charge on any atom is 0.377 e. The summed E-state index contributed by atoms with van der Waals surface area (Å²) in [6.45, 7) is 5.10. The van der Waals surface area contributed by atoms with E-state index in [1.54, 1.807) is 11.0 Å². The zero-order valence-electron chi connectivity index (χ0n) is 10.3. The fourth-order valence-corrected chi connectivity index (χ4v) is 2.17. The Balaban J connectivity index is 1.94. The van der Waals surface area contributed by atoms with Crippen molar-refractivity contribution >= 4 is 5.97 Å². The summed E-state index contributed by atoms with van der Waals surface area (Å²) in [6, 6.07) is 0. The Morgan fingerprint density at radius 3 is 3.18 bits per heavy atom. The van der Waals surface area contributed by atoms with Gasteiger partial charge in [-0.15, -0.1) is 5.10 Å². The molecule has 0 spiro atoms. The largest absolute Gasteiger partial charge is 0.463 e. The number of carbonyl (C=O) groups excluding carboxylic acids is 1. The molecule has 0 saturated carbocycles. The SMILES string of the molecule is COC(=O)c1ncn(CN2CCCC(C)C2)n1. The molecule has 0 bridgehead atoms. The van der Waals surface area contributed by atoms with E-state index < -0.39 is 5.97 Å². The molecule has 1 aliphatic rings. The molecular formula is C11H18N4O2. The predicted octanol–water partition coefficient (Wildman–Crippen LogP) is 0.754. The lowest BCUT2D eigenvalue weighted by Gasteiger charge is -2.30. The zero-order chi connectivity index (χ0) is 12.3. The monoisotopic (exact) mass is 238 g/mol. The van der Waals surface area contributed by atoms with Crippen LogP contribution in [0, 0.1) is 5.92 Å². The molecule has 2 heterocycles. The van der Waals surface area contributed by atoms with Crippen LogP contribution in [0.15, 0.2) is 6.33 Å². The number of esters is 1. The number of hydrogen-bond donors (Lipinski definition) is 0. The van der Waals surface area contributed by atoms with E-state index >= 15 is 0 Å². The van der Waals surface area contributed by atoms with Crippen molar-refractivity contribution in [2.75, 3.05) is 20.2 Å². The molecule has 1 fully saturated rings. The third kappa shape index (κ3) is 3.03. The van der Waals surface area contributed by atoms with Gasteiger partial charge in [-0.05, 0) is 25.3 Å². The number of ether oxygens (including phenoxy) is 1. The average molecular weight is 238 g/mol. The van der Waals surface area contributed by atoms with Gasteiger partial charge in [-0.3, -0.25) is 4.90 Å². The molecule has 1 aromatic rings. The molecule has 1 aromatic heterocycles. The highest BCUT2D eigenvalue weighted by molar-refractivity contribution is 5.84. The van der Waals surface area contributed by atoms with Crippen LogP contribution in [0.5, 0.6) is 0 Å². The Kier molecular flexibility index (Phi) is 3.73. The van der Waals surface area contributed by atoms with Crippen LogP contribution in [-0.4, -0.2) is 45.8 Å². The summed E-state index contributed by atoms with van der Waals surface area (Å²) < 4.78 is 6.25. The van der Waals surface area contributed by atoms with Gasteiger partial charge in [0.05, 0.1) is 13.8 Å².